The summed E-state index contributed by atoms with van der Waals surface area (Å²) in [5.41, 5.74) is 4.83. The molecule has 1 aromatic heterocycles. The summed E-state index contributed by atoms with van der Waals surface area (Å²) >= 11 is 11.2. The Morgan fingerprint density at radius 1 is 1.47 bits per heavy atom. The predicted octanol–water partition coefficient (Wildman–Crippen LogP) is 4.36. The minimum absolute atomic E-state index is 0.0436. The van der Waals surface area contributed by atoms with Gasteiger partial charge in [0.05, 0.1) is 9.83 Å². The van der Waals surface area contributed by atoms with Crippen LogP contribution in [0.3, 0.4) is 0 Å². The Balaban J connectivity index is 2.23. The van der Waals surface area contributed by atoms with Crippen LogP contribution in [0.5, 0.6) is 0 Å². The van der Waals surface area contributed by atoms with Gasteiger partial charge in [-0.3, -0.25) is 11.3 Å². The van der Waals surface area contributed by atoms with Crippen molar-refractivity contribution in [2.24, 2.45) is 5.84 Å². The van der Waals surface area contributed by atoms with Crippen LogP contribution in [0.1, 0.15) is 22.0 Å². The van der Waals surface area contributed by atoms with Gasteiger partial charge in [0.15, 0.2) is 0 Å². The highest BCUT2D eigenvalue weighted by Crippen LogP contribution is 2.33. The van der Waals surface area contributed by atoms with Crippen LogP contribution in [0.2, 0.25) is 5.02 Å². The zero-order chi connectivity index (χ0) is 14.0. The second-order valence-electron chi connectivity index (χ2n) is 4.26. The molecule has 2 nitrogen and oxygen atoms in total. The molecule has 0 saturated carbocycles. The van der Waals surface area contributed by atoms with Crippen LogP contribution in [0.4, 0.5) is 4.39 Å². The quantitative estimate of drug-likeness (QED) is 0.626. The van der Waals surface area contributed by atoms with Gasteiger partial charge >= 0.3 is 0 Å². The SMILES string of the molecule is Cc1cc(C(Cc2ccc(F)cc2Cl)NN)sc1Br. The maximum atomic E-state index is 13.0. The molecule has 0 bridgehead atoms. The third-order valence-corrected chi connectivity index (χ3v) is 5.46. The van der Waals surface area contributed by atoms with E-state index in [2.05, 4.69) is 27.4 Å². The first-order valence-electron chi connectivity index (χ1n) is 5.67. The van der Waals surface area contributed by atoms with E-state index in [4.69, 9.17) is 17.4 Å². The summed E-state index contributed by atoms with van der Waals surface area (Å²) < 4.78 is 14.1. The summed E-state index contributed by atoms with van der Waals surface area (Å²) in [6.07, 6.45) is 0.613. The molecular formula is C13H13BrClFN2S. The molecule has 3 N–H and O–H groups in total. The van der Waals surface area contributed by atoms with Crippen LogP contribution < -0.4 is 11.3 Å². The van der Waals surface area contributed by atoms with Crippen LogP contribution in [-0.4, -0.2) is 0 Å². The van der Waals surface area contributed by atoms with Crippen molar-refractivity contribution < 1.29 is 4.39 Å². The molecule has 0 spiro atoms. The number of hydrogen-bond acceptors (Lipinski definition) is 3. The van der Waals surface area contributed by atoms with Crippen molar-refractivity contribution in [1.29, 1.82) is 0 Å². The van der Waals surface area contributed by atoms with Gasteiger partial charge in [-0.2, -0.15) is 0 Å². The van der Waals surface area contributed by atoms with Crippen molar-refractivity contribution in [3.63, 3.8) is 0 Å². The third-order valence-electron chi connectivity index (χ3n) is 2.86. The summed E-state index contributed by atoms with van der Waals surface area (Å²) in [6.45, 7) is 2.03. The lowest BCUT2D eigenvalue weighted by Gasteiger charge is -2.15. The normalized spacial score (nSPS) is 12.7. The van der Waals surface area contributed by atoms with Crippen molar-refractivity contribution in [3.8, 4) is 0 Å². The van der Waals surface area contributed by atoms with E-state index in [-0.39, 0.29) is 11.9 Å². The fourth-order valence-electron chi connectivity index (χ4n) is 1.80. The van der Waals surface area contributed by atoms with E-state index in [0.29, 0.717) is 11.4 Å². The maximum Gasteiger partial charge on any atom is 0.124 e. The Morgan fingerprint density at radius 2 is 2.21 bits per heavy atom. The first-order chi connectivity index (χ1) is 9.01. The second kappa shape index (κ2) is 6.33. The van der Waals surface area contributed by atoms with Gasteiger partial charge in [0, 0.05) is 9.90 Å². The lowest BCUT2D eigenvalue weighted by atomic mass is 10.0. The molecule has 0 aliphatic rings. The molecule has 0 aliphatic heterocycles. The van der Waals surface area contributed by atoms with Gasteiger partial charge in [0.25, 0.3) is 0 Å². The van der Waals surface area contributed by atoms with E-state index in [1.165, 1.54) is 17.7 Å². The number of halogens is 3. The van der Waals surface area contributed by atoms with Crippen LogP contribution in [-0.2, 0) is 6.42 Å². The van der Waals surface area contributed by atoms with Crippen molar-refractivity contribution in [1.82, 2.24) is 5.43 Å². The Hall–Kier alpha value is -0.460. The van der Waals surface area contributed by atoms with Crippen LogP contribution >= 0.6 is 38.9 Å². The average Bonchev–Trinajstić information content (AvgIpc) is 2.68. The molecule has 1 atom stereocenters. The Kier molecular flexibility index (Phi) is 4.97. The van der Waals surface area contributed by atoms with Gasteiger partial charge in [0.1, 0.15) is 5.82 Å². The van der Waals surface area contributed by atoms with Gasteiger partial charge < -0.3 is 0 Å². The number of hydrazine groups is 1. The predicted molar refractivity (Wildman–Crippen MR) is 81.9 cm³/mol. The summed E-state index contributed by atoms with van der Waals surface area (Å²) in [6, 6.07) is 6.46. The highest BCUT2D eigenvalue weighted by Gasteiger charge is 2.16. The number of aryl methyl sites for hydroxylation is 1. The van der Waals surface area contributed by atoms with Crippen LogP contribution in [0.25, 0.3) is 0 Å². The minimum atomic E-state index is -0.333. The van der Waals surface area contributed by atoms with E-state index < -0.39 is 0 Å². The van der Waals surface area contributed by atoms with Crippen molar-refractivity contribution in [2.75, 3.05) is 0 Å². The number of benzene rings is 1. The maximum absolute atomic E-state index is 13.0. The first-order valence-corrected chi connectivity index (χ1v) is 7.66. The Bertz CT molecular complexity index is 569. The zero-order valence-corrected chi connectivity index (χ0v) is 13.4. The molecule has 0 fully saturated rings. The number of hydrogen-bond donors (Lipinski definition) is 2. The molecule has 0 aliphatic carbocycles. The monoisotopic (exact) mass is 362 g/mol. The van der Waals surface area contributed by atoms with Crippen LogP contribution in [0, 0.1) is 12.7 Å². The second-order valence-corrected chi connectivity index (χ2v) is 7.07. The zero-order valence-electron chi connectivity index (χ0n) is 10.2. The van der Waals surface area contributed by atoms with Crippen molar-refractivity contribution >= 4 is 38.9 Å². The van der Waals surface area contributed by atoms with Crippen LogP contribution in [0.15, 0.2) is 28.1 Å². The molecule has 102 valence electrons. The van der Waals surface area contributed by atoms with Crippen molar-refractivity contribution in [2.45, 2.75) is 19.4 Å². The molecule has 0 saturated heterocycles. The molecular weight excluding hydrogens is 351 g/mol. The van der Waals surface area contributed by atoms with Gasteiger partial charge in [-0.1, -0.05) is 17.7 Å². The standard InChI is InChI=1S/C13H13BrClFN2S/c1-7-4-12(19-13(7)14)11(18-17)5-8-2-3-9(16)6-10(8)15/h2-4,6,11,18H,5,17H2,1H3. The Morgan fingerprint density at radius 3 is 2.74 bits per heavy atom. The molecule has 2 aromatic rings. The van der Waals surface area contributed by atoms with E-state index in [1.807, 2.05) is 6.92 Å². The molecule has 19 heavy (non-hydrogen) atoms. The topological polar surface area (TPSA) is 38.0 Å². The van der Waals surface area contributed by atoms with E-state index in [9.17, 15) is 4.39 Å². The lowest BCUT2D eigenvalue weighted by molar-refractivity contribution is 0.559. The first kappa shape index (κ1) is 14.9. The number of nitrogens with one attached hydrogen (secondary N) is 1. The van der Waals surface area contributed by atoms with Gasteiger partial charge in [0.2, 0.25) is 0 Å². The number of rotatable bonds is 4. The molecule has 2 rings (SSSR count). The molecule has 0 amide bonds. The van der Waals surface area contributed by atoms with Crippen molar-refractivity contribution in [3.05, 3.63) is 54.9 Å². The smallest absolute Gasteiger partial charge is 0.124 e. The fourth-order valence-corrected chi connectivity index (χ4v) is 3.68. The van der Waals surface area contributed by atoms with Gasteiger partial charge in [-0.15, -0.1) is 11.3 Å². The minimum Gasteiger partial charge on any atom is -0.271 e. The molecule has 0 radical (unpaired) electrons. The Labute approximate surface area is 128 Å². The average molecular weight is 364 g/mol. The summed E-state index contributed by atoms with van der Waals surface area (Å²) in [5.74, 6) is 5.28. The summed E-state index contributed by atoms with van der Waals surface area (Å²) in [4.78, 5) is 1.12. The summed E-state index contributed by atoms with van der Waals surface area (Å²) in [7, 11) is 0. The van der Waals surface area contributed by atoms with E-state index >= 15 is 0 Å². The van der Waals surface area contributed by atoms with E-state index in [0.717, 1.165) is 14.2 Å². The highest BCUT2D eigenvalue weighted by atomic mass is 79.9. The molecule has 1 heterocycles. The molecule has 1 aromatic carbocycles. The van der Waals surface area contributed by atoms with Gasteiger partial charge in [-0.25, -0.2) is 4.39 Å². The van der Waals surface area contributed by atoms with Gasteiger partial charge in [-0.05, 0) is 58.6 Å². The largest absolute Gasteiger partial charge is 0.271 e. The fraction of sp³-hybridized carbons (Fsp3) is 0.231. The number of thiophene rings is 1. The molecule has 1 unspecified atom stereocenters. The van der Waals surface area contributed by atoms with E-state index in [1.54, 1.807) is 17.4 Å². The number of nitrogens with two attached hydrogens (primary N) is 1. The highest BCUT2D eigenvalue weighted by molar-refractivity contribution is 9.11. The summed E-state index contributed by atoms with van der Waals surface area (Å²) in [5, 5.41) is 0.424. The molecule has 6 heteroatoms. The lowest BCUT2D eigenvalue weighted by Crippen LogP contribution is -2.29. The third kappa shape index (κ3) is 3.55.